The molecule has 0 aliphatic carbocycles. The van der Waals surface area contributed by atoms with E-state index in [1.807, 2.05) is 24.3 Å². The highest BCUT2D eigenvalue weighted by Crippen LogP contribution is 2.22. The Bertz CT molecular complexity index is 1170. The number of nitrogens with one attached hydrogen (secondary N) is 2. The minimum Gasteiger partial charge on any atom is -0.468 e. The zero-order valence-corrected chi connectivity index (χ0v) is 15.9. The molecule has 0 radical (unpaired) electrons. The first-order chi connectivity index (χ1) is 13.5. The number of nitrogens with zero attached hydrogens (tertiary/aromatic N) is 2. The van der Waals surface area contributed by atoms with Gasteiger partial charge in [-0.3, -0.25) is 9.89 Å². The van der Waals surface area contributed by atoms with Crippen LogP contribution in [0, 0.1) is 0 Å². The number of carbonyl (C=O) groups is 1. The molecule has 0 bridgehead atoms. The van der Waals surface area contributed by atoms with Crippen molar-refractivity contribution in [3.8, 4) is 17.4 Å². The van der Waals surface area contributed by atoms with Gasteiger partial charge in [-0.05, 0) is 30.3 Å². The lowest BCUT2D eigenvalue weighted by Gasteiger charge is -2.05. The van der Waals surface area contributed by atoms with Gasteiger partial charge in [-0.1, -0.05) is 23.7 Å². The Balaban J connectivity index is 1.46. The van der Waals surface area contributed by atoms with Crippen molar-refractivity contribution in [1.29, 1.82) is 0 Å². The molecule has 0 saturated heterocycles. The van der Waals surface area contributed by atoms with Crippen LogP contribution in [0.15, 0.2) is 53.4 Å². The molecule has 4 N–H and O–H groups in total. The minimum absolute atomic E-state index is 0.194. The van der Waals surface area contributed by atoms with Gasteiger partial charge >= 0.3 is 0 Å². The highest BCUT2D eigenvalue weighted by atomic mass is 35.5. The Morgan fingerprint density at radius 3 is 2.82 bits per heavy atom. The van der Waals surface area contributed by atoms with E-state index in [-0.39, 0.29) is 28.2 Å². The summed E-state index contributed by atoms with van der Waals surface area (Å²) in [4.78, 5) is 20.2. The van der Waals surface area contributed by atoms with Crippen molar-refractivity contribution in [2.75, 3.05) is 6.61 Å². The molecule has 10 heteroatoms. The van der Waals surface area contributed by atoms with E-state index >= 15 is 0 Å². The summed E-state index contributed by atoms with van der Waals surface area (Å²) < 4.78 is 16.9. The van der Waals surface area contributed by atoms with Crippen LogP contribution >= 0.6 is 11.6 Å². The summed E-state index contributed by atoms with van der Waals surface area (Å²) in [6.45, 7) is -0.247. The van der Waals surface area contributed by atoms with E-state index in [2.05, 4.69) is 20.2 Å². The van der Waals surface area contributed by atoms with Crippen molar-refractivity contribution in [3.63, 3.8) is 0 Å². The van der Waals surface area contributed by atoms with E-state index in [9.17, 15) is 9.00 Å². The number of rotatable bonds is 6. The molecule has 8 nitrogen and oxygen atoms in total. The predicted molar refractivity (Wildman–Crippen MR) is 106 cm³/mol. The average Bonchev–Trinajstić information content (AvgIpc) is 3.32. The number of para-hydroxylation sites is 2. The summed E-state index contributed by atoms with van der Waals surface area (Å²) in [5.41, 5.74) is 2.67. The first-order valence-electron chi connectivity index (χ1n) is 8.13. The molecule has 0 spiro atoms. The molecule has 2 aromatic heterocycles. The maximum absolute atomic E-state index is 12.3. The summed E-state index contributed by atoms with van der Waals surface area (Å²) in [5, 5.41) is 12.5. The van der Waals surface area contributed by atoms with Gasteiger partial charge in [0.25, 0.3) is 0 Å². The zero-order chi connectivity index (χ0) is 19.7. The molecule has 1 atom stereocenters. The lowest BCUT2D eigenvalue weighted by Crippen LogP contribution is -2.13. The quantitative estimate of drug-likeness (QED) is 0.417. The second-order valence-electron chi connectivity index (χ2n) is 5.88. The van der Waals surface area contributed by atoms with Crippen LogP contribution in [0.2, 0.25) is 5.02 Å². The molecule has 2 heterocycles. The fourth-order valence-corrected chi connectivity index (χ4v) is 3.48. The molecule has 142 valence electrons. The number of H-pyrrole nitrogens is 2. The highest BCUT2D eigenvalue weighted by Gasteiger charge is 2.14. The smallest absolute Gasteiger partial charge is 0.233 e. The van der Waals surface area contributed by atoms with Gasteiger partial charge in [0.15, 0.2) is 18.2 Å². The molecule has 28 heavy (non-hydrogen) atoms. The first kappa shape index (κ1) is 18.4. The third-order valence-corrected chi connectivity index (χ3v) is 5.23. The maximum Gasteiger partial charge on any atom is 0.233 e. The van der Waals surface area contributed by atoms with E-state index in [1.165, 1.54) is 18.2 Å². The number of fused-ring (bicyclic) bond motifs is 1. The van der Waals surface area contributed by atoms with Gasteiger partial charge in [-0.2, -0.15) is 0 Å². The second-order valence-corrected chi connectivity index (χ2v) is 7.32. The lowest BCUT2D eigenvalue weighted by atomic mass is 10.1. The van der Waals surface area contributed by atoms with Crippen LogP contribution in [0.4, 0.5) is 0 Å². The van der Waals surface area contributed by atoms with Crippen molar-refractivity contribution in [1.82, 2.24) is 20.2 Å². The van der Waals surface area contributed by atoms with Crippen molar-refractivity contribution in [2.24, 2.45) is 5.14 Å². The van der Waals surface area contributed by atoms with Crippen LogP contribution in [-0.4, -0.2) is 36.8 Å². The molecule has 1 unspecified atom stereocenters. The normalized spacial score (nSPS) is 12.2. The number of halogens is 1. The van der Waals surface area contributed by atoms with Gasteiger partial charge < -0.3 is 9.72 Å². The number of nitrogens with two attached hydrogens (primary N) is 1. The Hall–Kier alpha value is -3.01. The van der Waals surface area contributed by atoms with E-state index in [1.54, 1.807) is 6.07 Å². The fraction of sp³-hybridized carbons (Fsp3) is 0.0556. The first-order valence-corrected chi connectivity index (χ1v) is 9.72. The van der Waals surface area contributed by atoms with Crippen LogP contribution in [0.3, 0.4) is 0 Å². The van der Waals surface area contributed by atoms with E-state index in [4.69, 9.17) is 21.5 Å². The monoisotopic (exact) mass is 415 g/mol. The standard InChI is InChI=1S/C18H14ClN5O3S/c19-11-6-5-10(7-16(11)28(20)26)15(25)9-27-17-8-14(23-24-17)18-21-12-3-1-2-4-13(12)22-18/h1-8H,9,20H2,(H,21,22)(H,23,24). The molecular weight excluding hydrogens is 402 g/mol. The van der Waals surface area contributed by atoms with Crippen LogP contribution in [0.25, 0.3) is 22.6 Å². The molecule has 2 aromatic carbocycles. The van der Waals surface area contributed by atoms with Gasteiger partial charge in [0.2, 0.25) is 5.88 Å². The van der Waals surface area contributed by atoms with Crippen molar-refractivity contribution in [2.45, 2.75) is 4.90 Å². The third-order valence-electron chi connectivity index (χ3n) is 4.02. The average molecular weight is 416 g/mol. The number of aromatic nitrogens is 4. The molecule has 4 rings (SSSR count). The molecular formula is C18H14ClN5O3S. The maximum atomic E-state index is 12.3. The number of carbonyl (C=O) groups excluding carboxylic acids is 1. The predicted octanol–water partition coefficient (Wildman–Crippen LogP) is 2.85. The molecule has 0 aliphatic rings. The number of benzene rings is 2. The third kappa shape index (κ3) is 3.68. The summed E-state index contributed by atoms with van der Waals surface area (Å²) in [6.07, 6.45) is 0. The number of Topliss-reactive ketones (excluding diaryl/α,β-unsaturated/α-hetero) is 1. The molecule has 0 saturated carbocycles. The van der Waals surface area contributed by atoms with Gasteiger partial charge in [0, 0.05) is 11.6 Å². The minimum atomic E-state index is -1.78. The topological polar surface area (TPSA) is 127 Å². The lowest BCUT2D eigenvalue weighted by molar-refractivity contribution is 0.0918. The van der Waals surface area contributed by atoms with Crippen molar-refractivity contribution >= 4 is 39.4 Å². The van der Waals surface area contributed by atoms with Gasteiger partial charge in [-0.25, -0.2) is 14.3 Å². The number of ketones is 1. The SMILES string of the molecule is NS(=O)c1cc(C(=O)COc2cc(-c3nc4ccccc4[nH]3)[nH]n2)ccc1Cl. The number of aromatic amines is 2. The Morgan fingerprint density at radius 2 is 2.04 bits per heavy atom. The van der Waals surface area contributed by atoms with Crippen molar-refractivity contribution < 1.29 is 13.7 Å². The number of hydrogen-bond acceptors (Lipinski definition) is 5. The van der Waals surface area contributed by atoms with Crippen molar-refractivity contribution in [3.05, 3.63) is 59.1 Å². The van der Waals surface area contributed by atoms with E-state index < -0.39 is 11.0 Å². The molecule has 0 aliphatic heterocycles. The van der Waals surface area contributed by atoms with Crippen LogP contribution in [0.5, 0.6) is 5.88 Å². The second kappa shape index (κ2) is 7.55. The summed E-state index contributed by atoms with van der Waals surface area (Å²) >= 11 is 5.92. The van der Waals surface area contributed by atoms with Gasteiger partial charge in [-0.15, -0.1) is 5.10 Å². The summed E-state index contributed by atoms with van der Waals surface area (Å²) in [6, 6.07) is 13.7. The highest BCUT2D eigenvalue weighted by molar-refractivity contribution is 7.82. The van der Waals surface area contributed by atoms with Gasteiger partial charge in [0.05, 0.1) is 21.0 Å². The van der Waals surface area contributed by atoms with E-state index in [0.29, 0.717) is 17.1 Å². The molecule has 0 amide bonds. The Labute approximate surface area is 166 Å². The molecule has 0 fully saturated rings. The molecule has 4 aromatic rings. The Kier molecular flexibility index (Phi) is 4.95. The fourth-order valence-electron chi connectivity index (χ4n) is 2.63. The Morgan fingerprint density at radius 1 is 1.21 bits per heavy atom. The van der Waals surface area contributed by atoms with Gasteiger partial charge in [0.1, 0.15) is 16.7 Å². The largest absolute Gasteiger partial charge is 0.468 e. The van der Waals surface area contributed by atoms with Crippen LogP contribution in [-0.2, 0) is 11.0 Å². The number of ether oxygens (including phenoxy) is 1. The van der Waals surface area contributed by atoms with Crippen LogP contribution in [0.1, 0.15) is 10.4 Å². The van der Waals surface area contributed by atoms with E-state index in [0.717, 1.165) is 11.0 Å². The number of imidazole rings is 1. The number of hydrogen-bond donors (Lipinski definition) is 3. The zero-order valence-electron chi connectivity index (χ0n) is 14.3. The summed E-state index contributed by atoms with van der Waals surface area (Å²) in [7, 11) is -1.78. The van der Waals surface area contributed by atoms with Crippen LogP contribution < -0.4 is 9.88 Å². The summed E-state index contributed by atoms with van der Waals surface area (Å²) in [5.74, 6) is 0.541.